The lowest BCUT2D eigenvalue weighted by molar-refractivity contribution is 0.0617. The van der Waals surface area contributed by atoms with Gasteiger partial charge in [0, 0.05) is 6.54 Å². The highest BCUT2D eigenvalue weighted by Crippen LogP contribution is 2.18. The van der Waals surface area contributed by atoms with Crippen molar-refractivity contribution in [3.8, 4) is 0 Å². The molecule has 5 nitrogen and oxygen atoms in total. The number of halogens is 1. The van der Waals surface area contributed by atoms with Gasteiger partial charge in [-0.1, -0.05) is 30.3 Å². The monoisotopic (exact) mass is 429 g/mol. The molecule has 0 saturated heterocycles. The lowest BCUT2D eigenvalue weighted by Crippen LogP contribution is -2.44. The number of furan rings is 1. The van der Waals surface area contributed by atoms with E-state index in [2.05, 4.69) is 15.6 Å². The summed E-state index contributed by atoms with van der Waals surface area (Å²) in [5.74, 6) is 1.45. The van der Waals surface area contributed by atoms with Crippen molar-refractivity contribution in [3.05, 3.63) is 60.1 Å². The maximum absolute atomic E-state index is 10.6. The number of rotatable bonds is 6. The van der Waals surface area contributed by atoms with Crippen LogP contribution in [0.4, 0.5) is 0 Å². The van der Waals surface area contributed by atoms with Crippen molar-refractivity contribution in [2.24, 2.45) is 4.99 Å². The predicted molar refractivity (Wildman–Crippen MR) is 103 cm³/mol. The van der Waals surface area contributed by atoms with Gasteiger partial charge in [-0.25, -0.2) is 4.99 Å². The molecule has 1 aromatic carbocycles. The minimum atomic E-state index is -0.970. The number of nitrogens with zero attached hydrogens (tertiary/aromatic N) is 1. The molecule has 0 radical (unpaired) electrons. The van der Waals surface area contributed by atoms with Gasteiger partial charge < -0.3 is 20.2 Å². The molecule has 1 atom stereocenters. The molecule has 0 aliphatic rings. The van der Waals surface area contributed by atoms with Gasteiger partial charge in [-0.05, 0) is 31.5 Å². The van der Waals surface area contributed by atoms with Crippen LogP contribution in [0.2, 0.25) is 0 Å². The highest BCUT2D eigenvalue weighted by atomic mass is 127. The quantitative estimate of drug-likeness (QED) is 0.375. The second-order valence-electron chi connectivity index (χ2n) is 5.27. The van der Waals surface area contributed by atoms with E-state index < -0.39 is 5.60 Å². The topological polar surface area (TPSA) is 69.8 Å². The van der Waals surface area contributed by atoms with E-state index >= 15 is 0 Å². The number of benzene rings is 1. The smallest absolute Gasteiger partial charge is 0.191 e. The van der Waals surface area contributed by atoms with Crippen LogP contribution in [0, 0.1) is 0 Å². The molecular weight excluding hydrogens is 405 g/mol. The van der Waals surface area contributed by atoms with Crippen molar-refractivity contribution in [2.45, 2.75) is 26.0 Å². The van der Waals surface area contributed by atoms with Gasteiger partial charge in [-0.2, -0.15) is 0 Å². The van der Waals surface area contributed by atoms with Crippen LogP contribution in [0.3, 0.4) is 0 Å². The van der Waals surface area contributed by atoms with Crippen LogP contribution >= 0.6 is 24.0 Å². The Morgan fingerprint density at radius 2 is 1.91 bits per heavy atom. The molecule has 0 amide bonds. The zero-order chi connectivity index (χ0) is 15.8. The zero-order valence-electron chi connectivity index (χ0n) is 13.5. The Morgan fingerprint density at radius 1 is 1.17 bits per heavy atom. The minimum Gasteiger partial charge on any atom is -0.467 e. The zero-order valence-corrected chi connectivity index (χ0v) is 15.8. The van der Waals surface area contributed by atoms with Gasteiger partial charge in [0.15, 0.2) is 5.96 Å². The summed E-state index contributed by atoms with van der Waals surface area (Å²) in [5.41, 5.74) is -0.105. The number of hydrogen-bond acceptors (Lipinski definition) is 3. The molecule has 0 spiro atoms. The summed E-state index contributed by atoms with van der Waals surface area (Å²) in [5, 5.41) is 16.9. The van der Waals surface area contributed by atoms with Crippen molar-refractivity contribution in [3.63, 3.8) is 0 Å². The summed E-state index contributed by atoms with van der Waals surface area (Å²) in [6.07, 6.45) is 1.63. The lowest BCUT2D eigenvalue weighted by atomic mass is 9.96. The van der Waals surface area contributed by atoms with Crippen molar-refractivity contribution < 1.29 is 9.52 Å². The van der Waals surface area contributed by atoms with Gasteiger partial charge in [0.05, 0.1) is 12.8 Å². The van der Waals surface area contributed by atoms with Gasteiger partial charge in [-0.15, -0.1) is 24.0 Å². The number of guanidine groups is 1. The second kappa shape index (κ2) is 9.57. The average molecular weight is 429 g/mol. The maximum atomic E-state index is 10.6. The van der Waals surface area contributed by atoms with Crippen molar-refractivity contribution in [2.75, 3.05) is 13.1 Å². The molecule has 1 unspecified atom stereocenters. The Hall–Kier alpha value is -1.54. The third-order valence-corrected chi connectivity index (χ3v) is 3.31. The summed E-state index contributed by atoms with van der Waals surface area (Å²) < 4.78 is 5.26. The SMILES string of the molecule is CCNC(=NCc1ccco1)NCC(C)(O)c1ccccc1.I. The molecule has 6 heteroatoms. The highest BCUT2D eigenvalue weighted by Gasteiger charge is 2.22. The van der Waals surface area contributed by atoms with Crippen molar-refractivity contribution in [1.82, 2.24) is 10.6 Å². The first kappa shape index (κ1) is 19.5. The number of aliphatic imine (C=N–C) groups is 1. The third kappa shape index (κ3) is 6.23. The van der Waals surface area contributed by atoms with Gasteiger partial charge in [-0.3, -0.25) is 0 Å². The van der Waals surface area contributed by atoms with Crippen molar-refractivity contribution >= 4 is 29.9 Å². The van der Waals surface area contributed by atoms with E-state index in [-0.39, 0.29) is 24.0 Å². The molecular formula is C17H24IN3O2. The molecule has 23 heavy (non-hydrogen) atoms. The van der Waals surface area contributed by atoms with Crippen LogP contribution in [0.1, 0.15) is 25.2 Å². The number of hydrogen-bond donors (Lipinski definition) is 3. The fourth-order valence-corrected chi connectivity index (χ4v) is 2.06. The van der Waals surface area contributed by atoms with Crippen LogP contribution < -0.4 is 10.6 Å². The average Bonchev–Trinajstić information content (AvgIpc) is 3.04. The fourth-order valence-electron chi connectivity index (χ4n) is 2.06. The van der Waals surface area contributed by atoms with Crippen molar-refractivity contribution in [1.29, 1.82) is 0 Å². The van der Waals surface area contributed by atoms with Gasteiger partial charge in [0.2, 0.25) is 0 Å². The maximum Gasteiger partial charge on any atom is 0.191 e. The standard InChI is InChI=1S/C17H23N3O2.HI/c1-3-18-16(19-12-15-10-7-11-22-15)20-13-17(2,21)14-8-5-4-6-9-14;/h4-11,21H,3,12-13H2,1-2H3,(H2,18,19,20);1H. The van der Waals surface area contributed by atoms with E-state index in [0.29, 0.717) is 19.0 Å². The van der Waals surface area contributed by atoms with E-state index in [1.54, 1.807) is 13.2 Å². The van der Waals surface area contributed by atoms with Gasteiger partial charge in [0.25, 0.3) is 0 Å². The molecule has 2 aromatic rings. The molecule has 0 aliphatic heterocycles. The van der Waals surface area contributed by atoms with Crippen LogP contribution in [0.15, 0.2) is 58.1 Å². The fraction of sp³-hybridized carbons (Fsp3) is 0.353. The Morgan fingerprint density at radius 3 is 2.52 bits per heavy atom. The third-order valence-electron chi connectivity index (χ3n) is 3.31. The van der Waals surface area contributed by atoms with Crippen LogP contribution in [0.5, 0.6) is 0 Å². The Bertz CT molecular complexity index is 583. The molecule has 126 valence electrons. The molecule has 1 heterocycles. The molecule has 0 aliphatic carbocycles. The molecule has 0 saturated carbocycles. The van der Waals surface area contributed by atoms with E-state index in [1.807, 2.05) is 49.4 Å². The summed E-state index contributed by atoms with van der Waals surface area (Å²) in [6.45, 7) is 5.35. The summed E-state index contributed by atoms with van der Waals surface area (Å²) in [6, 6.07) is 13.3. The van der Waals surface area contributed by atoms with Gasteiger partial charge in [0.1, 0.15) is 17.9 Å². The Kier molecular flexibility index (Phi) is 8.11. The second-order valence-corrected chi connectivity index (χ2v) is 5.27. The molecule has 2 rings (SSSR count). The highest BCUT2D eigenvalue weighted by molar-refractivity contribution is 14.0. The van der Waals surface area contributed by atoms with Gasteiger partial charge >= 0.3 is 0 Å². The first-order valence-corrected chi connectivity index (χ1v) is 7.44. The predicted octanol–water partition coefficient (Wildman–Crippen LogP) is 2.86. The van der Waals surface area contributed by atoms with Crippen LogP contribution in [-0.2, 0) is 12.1 Å². The van der Waals surface area contributed by atoms with Crippen LogP contribution in [0.25, 0.3) is 0 Å². The van der Waals surface area contributed by atoms with E-state index in [4.69, 9.17) is 4.42 Å². The van der Waals surface area contributed by atoms with E-state index in [1.165, 1.54) is 0 Å². The molecule has 3 N–H and O–H groups in total. The normalized spacial score (nSPS) is 13.8. The summed E-state index contributed by atoms with van der Waals surface area (Å²) >= 11 is 0. The number of aliphatic hydroxyl groups is 1. The first-order valence-electron chi connectivity index (χ1n) is 7.44. The van der Waals surface area contributed by atoms with Crippen LogP contribution in [-0.4, -0.2) is 24.2 Å². The Balaban J connectivity index is 0.00000264. The van der Waals surface area contributed by atoms with E-state index in [9.17, 15) is 5.11 Å². The number of nitrogens with one attached hydrogen (secondary N) is 2. The van der Waals surface area contributed by atoms with E-state index in [0.717, 1.165) is 17.9 Å². The molecule has 0 bridgehead atoms. The molecule has 0 fully saturated rings. The first-order chi connectivity index (χ1) is 10.6. The minimum absolute atomic E-state index is 0. The Labute approximate surface area is 154 Å². The summed E-state index contributed by atoms with van der Waals surface area (Å²) in [7, 11) is 0. The largest absolute Gasteiger partial charge is 0.467 e. The molecule has 1 aromatic heterocycles. The lowest BCUT2D eigenvalue weighted by Gasteiger charge is -2.25. The summed E-state index contributed by atoms with van der Waals surface area (Å²) in [4.78, 5) is 4.44.